The molecule has 0 aromatic heterocycles. The van der Waals surface area contributed by atoms with Crippen molar-refractivity contribution in [3.05, 3.63) is 63.2 Å². The first-order valence-corrected chi connectivity index (χ1v) is 10.9. The molecular formula is C20H25N3O5S. The van der Waals surface area contributed by atoms with Gasteiger partial charge >= 0.3 is 0 Å². The zero-order valence-corrected chi connectivity index (χ0v) is 17.9. The number of benzene rings is 2. The SMILES string of the molecule is CCC(C(=O)Nc1ccc(C)cc1C)N(c1cc([N+](=O)[O-])ccc1C)S(C)(=O)=O. The van der Waals surface area contributed by atoms with Crippen molar-refractivity contribution in [3.8, 4) is 0 Å². The summed E-state index contributed by atoms with van der Waals surface area (Å²) in [5.74, 6) is -0.504. The van der Waals surface area contributed by atoms with Crippen molar-refractivity contribution in [2.75, 3.05) is 15.9 Å². The van der Waals surface area contributed by atoms with Crippen molar-refractivity contribution < 1.29 is 18.1 Å². The number of nitrogens with zero attached hydrogens (tertiary/aromatic N) is 2. The molecule has 0 aliphatic heterocycles. The Morgan fingerprint density at radius 2 is 1.79 bits per heavy atom. The molecule has 2 rings (SSSR count). The molecule has 8 nitrogen and oxygen atoms in total. The number of anilines is 2. The number of hydrogen-bond acceptors (Lipinski definition) is 5. The van der Waals surface area contributed by atoms with Gasteiger partial charge in [-0.25, -0.2) is 8.42 Å². The van der Waals surface area contributed by atoms with Crippen LogP contribution in [0.3, 0.4) is 0 Å². The Labute approximate surface area is 170 Å². The Morgan fingerprint density at radius 3 is 2.31 bits per heavy atom. The van der Waals surface area contributed by atoms with E-state index in [4.69, 9.17) is 0 Å². The van der Waals surface area contributed by atoms with Crippen LogP contribution in [0.2, 0.25) is 0 Å². The summed E-state index contributed by atoms with van der Waals surface area (Å²) >= 11 is 0. The number of carbonyl (C=O) groups is 1. The van der Waals surface area contributed by atoms with Crippen LogP contribution in [0.5, 0.6) is 0 Å². The average molecular weight is 420 g/mol. The van der Waals surface area contributed by atoms with E-state index in [1.54, 1.807) is 19.9 Å². The normalized spacial score (nSPS) is 12.3. The zero-order chi connectivity index (χ0) is 21.9. The number of nitro benzene ring substituents is 1. The second-order valence-corrected chi connectivity index (χ2v) is 8.88. The molecule has 1 amide bonds. The van der Waals surface area contributed by atoms with Gasteiger partial charge in [0.15, 0.2) is 0 Å². The Hall–Kier alpha value is -2.94. The van der Waals surface area contributed by atoms with E-state index in [-0.39, 0.29) is 17.8 Å². The fourth-order valence-corrected chi connectivity index (χ4v) is 4.42. The van der Waals surface area contributed by atoms with Crippen molar-refractivity contribution in [1.82, 2.24) is 0 Å². The van der Waals surface area contributed by atoms with E-state index >= 15 is 0 Å². The molecule has 0 heterocycles. The maximum absolute atomic E-state index is 13.0. The summed E-state index contributed by atoms with van der Waals surface area (Å²) in [5, 5.41) is 14.0. The first-order valence-electron chi connectivity index (χ1n) is 9.08. The highest BCUT2D eigenvalue weighted by Crippen LogP contribution is 2.30. The lowest BCUT2D eigenvalue weighted by molar-refractivity contribution is -0.384. The second-order valence-electron chi connectivity index (χ2n) is 7.02. The van der Waals surface area contributed by atoms with Crippen molar-refractivity contribution in [2.45, 2.75) is 40.2 Å². The first kappa shape index (κ1) is 22.4. The Bertz CT molecular complexity index is 1050. The molecule has 29 heavy (non-hydrogen) atoms. The van der Waals surface area contributed by atoms with Crippen molar-refractivity contribution in [3.63, 3.8) is 0 Å². The molecule has 156 valence electrons. The molecule has 0 aliphatic rings. The maximum Gasteiger partial charge on any atom is 0.271 e. The predicted molar refractivity (Wildman–Crippen MR) is 114 cm³/mol. The first-order chi connectivity index (χ1) is 13.5. The number of nitro groups is 1. The summed E-state index contributed by atoms with van der Waals surface area (Å²) in [4.78, 5) is 23.6. The second kappa shape index (κ2) is 8.60. The van der Waals surface area contributed by atoms with Gasteiger partial charge in [-0.15, -0.1) is 0 Å². The van der Waals surface area contributed by atoms with Gasteiger partial charge < -0.3 is 5.32 Å². The van der Waals surface area contributed by atoms with E-state index in [9.17, 15) is 23.3 Å². The molecule has 0 radical (unpaired) electrons. The van der Waals surface area contributed by atoms with E-state index in [1.165, 1.54) is 18.2 Å². The molecule has 1 N–H and O–H groups in total. The lowest BCUT2D eigenvalue weighted by Crippen LogP contribution is -2.47. The van der Waals surface area contributed by atoms with Gasteiger partial charge in [0.1, 0.15) is 6.04 Å². The van der Waals surface area contributed by atoms with Crippen LogP contribution >= 0.6 is 0 Å². The molecule has 9 heteroatoms. The molecule has 0 aliphatic carbocycles. The van der Waals surface area contributed by atoms with E-state index in [0.29, 0.717) is 11.3 Å². The average Bonchev–Trinajstić information content (AvgIpc) is 2.61. The molecule has 0 saturated heterocycles. The van der Waals surface area contributed by atoms with E-state index in [2.05, 4.69) is 5.32 Å². The van der Waals surface area contributed by atoms with Gasteiger partial charge in [-0.2, -0.15) is 0 Å². The van der Waals surface area contributed by atoms with Crippen molar-refractivity contribution in [1.29, 1.82) is 0 Å². The van der Waals surface area contributed by atoms with Crippen LogP contribution in [0.15, 0.2) is 36.4 Å². The minimum atomic E-state index is -3.90. The molecule has 1 atom stereocenters. The third-order valence-electron chi connectivity index (χ3n) is 4.61. The summed E-state index contributed by atoms with van der Waals surface area (Å²) in [7, 11) is -3.90. The third kappa shape index (κ3) is 5.11. The fraction of sp³-hybridized carbons (Fsp3) is 0.350. The van der Waals surface area contributed by atoms with Gasteiger partial charge in [0.25, 0.3) is 5.69 Å². The number of nitrogens with one attached hydrogen (secondary N) is 1. The number of non-ortho nitro benzene ring substituents is 1. The van der Waals surface area contributed by atoms with Gasteiger partial charge in [0.2, 0.25) is 15.9 Å². The highest BCUT2D eigenvalue weighted by Gasteiger charge is 2.33. The Morgan fingerprint density at radius 1 is 1.14 bits per heavy atom. The van der Waals surface area contributed by atoms with Crippen LogP contribution < -0.4 is 9.62 Å². The monoisotopic (exact) mass is 419 g/mol. The quantitative estimate of drug-likeness (QED) is 0.543. The third-order valence-corrected chi connectivity index (χ3v) is 5.78. The fourth-order valence-electron chi connectivity index (χ4n) is 3.15. The molecule has 0 saturated carbocycles. The number of amides is 1. The number of aryl methyl sites for hydroxylation is 3. The summed E-state index contributed by atoms with van der Waals surface area (Å²) < 4.78 is 26.2. The van der Waals surface area contributed by atoms with Crippen LogP contribution in [-0.2, 0) is 14.8 Å². The molecule has 2 aromatic carbocycles. The number of rotatable bonds is 7. The zero-order valence-electron chi connectivity index (χ0n) is 17.1. The summed E-state index contributed by atoms with van der Waals surface area (Å²) in [5.41, 5.74) is 2.86. The summed E-state index contributed by atoms with van der Waals surface area (Å²) in [6.07, 6.45) is 1.17. The van der Waals surface area contributed by atoms with Crippen LogP contribution in [0.1, 0.15) is 30.0 Å². The van der Waals surface area contributed by atoms with Gasteiger partial charge in [-0.1, -0.05) is 30.7 Å². The molecular weight excluding hydrogens is 394 g/mol. The van der Waals surface area contributed by atoms with Crippen molar-refractivity contribution in [2.24, 2.45) is 0 Å². The lowest BCUT2D eigenvalue weighted by Gasteiger charge is -2.31. The highest BCUT2D eigenvalue weighted by molar-refractivity contribution is 7.92. The minimum Gasteiger partial charge on any atom is -0.324 e. The summed E-state index contributed by atoms with van der Waals surface area (Å²) in [6, 6.07) is 8.42. The molecule has 0 bridgehead atoms. The largest absolute Gasteiger partial charge is 0.324 e. The highest BCUT2D eigenvalue weighted by atomic mass is 32.2. The molecule has 1 unspecified atom stereocenters. The maximum atomic E-state index is 13.0. The molecule has 2 aromatic rings. The van der Waals surface area contributed by atoms with E-state index in [0.717, 1.165) is 21.7 Å². The predicted octanol–water partition coefficient (Wildman–Crippen LogP) is 3.70. The van der Waals surface area contributed by atoms with Crippen LogP contribution in [0.4, 0.5) is 17.1 Å². The van der Waals surface area contributed by atoms with Gasteiger partial charge in [0.05, 0.1) is 16.9 Å². The van der Waals surface area contributed by atoms with Gasteiger partial charge in [-0.05, 0) is 44.4 Å². The standard InChI is InChI=1S/C20H25N3O5S/c1-6-18(20(24)21-17-10-7-13(2)11-15(17)4)22(29(5,27)28)19-12-16(23(25)26)9-8-14(19)3/h7-12,18H,6H2,1-5H3,(H,21,24). The topological polar surface area (TPSA) is 110 Å². The van der Waals surface area contributed by atoms with Gasteiger partial charge in [0, 0.05) is 17.8 Å². The number of sulfonamides is 1. The number of hydrogen-bond donors (Lipinski definition) is 1. The van der Waals surface area contributed by atoms with Crippen LogP contribution in [-0.4, -0.2) is 31.5 Å². The van der Waals surface area contributed by atoms with Gasteiger partial charge in [-0.3, -0.25) is 19.2 Å². The summed E-state index contributed by atoms with van der Waals surface area (Å²) in [6.45, 7) is 7.12. The molecule has 0 fully saturated rings. The number of carbonyl (C=O) groups excluding carboxylic acids is 1. The minimum absolute atomic E-state index is 0.115. The Balaban J connectivity index is 2.51. The lowest BCUT2D eigenvalue weighted by atomic mass is 10.1. The van der Waals surface area contributed by atoms with Crippen LogP contribution in [0, 0.1) is 30.9 Å². The van der Waals surface area contributed by atoms with Crippen molar-refractivity contribution >= 4 is 33.0 Å². The van der Waals surface area contributed by atoms with E-state index < -0.39 is 26.9 Å². The van der Waals surface area contributed by atoms with Crippen LogP contribution in [0.25, 0.3) is 0 Å². The smallest absolute Gasteiger partial charge is 0.271 e. The Kier molecular flexibility index (Phi) is 6.63. The molecule has 0 spiro atoms. The van der Waals surface area contributed by atoms with E-state index in [1.807, 2.05) is 26.0 Å².